The molecule has 18 heavy (non-hydrogen) atoms. The van der Waals surface area contributed by atoms with Gasteiger partial charge in [0.05, 0.1) is 19.3 Å². The molecule has 2 aromatic rings. The largest absolute Gasteiger partial charge is 0.493 e. The van der Waals surface area contributed by atoms with Gasteiger partial charge in [0.25, 0.3) is 0 Å². The van der Waals surface area contributed by atoms with Crippen LogP contribution in [0.15, 0.2) is 24.7 Å². The molecule has 0 aliphatic carbocycles. The van der Waals surface area contributed by atoms with Crippen molar-refractivity contribution in [3.8, 4) is 5.75 Å². The van der Waals surface area contributed by atoms with E-state index >= 15 is 0 Å². The van der Waals surface area contributed by atoms with E-state index in [2.05, 4.69) is 15.5 Å². The predicted molar refractivity (Wildman–Crippen MR) is 67.9 cm³/mol. The van der Waals surface area contributed by atoms with Gasteiger partial charge in [-0.3, -0.25) is 15.5 Å². The molecule has 3 N–H and O–H groups in total. The van der Waals surface area contributed by atoms with Crippen LogP contribution < -0.4 is 16.0 Å². The van der Waals surface area contributed by atoms with Crippen molar-refractivity contribution in [2.75, 3.05) is 7.11 Å². The maximum absolute atomic E-state index is 5.66. The second-order valence-corrected chi connectivity index (χ2v) is 4.12. The van der Waals surface area contributed by atoms with E-state index in [-0.39, 0.29) is 6.04 Å². The van der Waals surface area contributed by atoms with Crippen LogP contribution in [0.3, 0.4) is 0 Å². The monoisotopic (exact) mass is 247 g/mol. The summed E-state index contributed by atoms with van der Waals surface area (Å²) in [7, 11) is 3.47. The van der Waals surface area contributed by atoms with Crippen LogP contribution in [0.5, 0.6) is 5.75 Å². The fraction of sp³-hybridized carbons (Fsp3) is 0.333. The van der Waals surface area contributed by atoms with Gasteiger partial charge >= 0.3 is 0 Å². The Kier molecular flexibility index (Phi) is 3.59. The van der Waals surface area contributed by atoms with Crippen molar-refractivity contribution in [3.05, 3.63) is 41.5 Å². The Labute approximate surface area is 106 Å². The van der Waals surface area contributed by atoms with E-state index in [1.807, 2.05) is 20.0 Å². The van der Waals surface area contributed by atoms with E-state index in [0.717, 1.165) is 16.8 Å². The third kappa shape index (κ3) is 2.20. The number of ether oxygens (including phenoxy) is 1. The Bertz CT molecular complexity index is 537. The van der Waals surface area contributed by atoms with Gasteiger partial charge in [-0.05, 0) is 18.1 Å². The van der Waals surface area contributed by atoms with Gasteiger partial charge in [0.15, 0.2) is 5.75 Å². The standard InChI is InChI=1S/C12H17N5O/c1-8-4-9(6-14-5-8)11(16-13)12-10(18-3)7-15-17(12)2/h4-7,11,16H,13H2,1-3H3. The number of pyridine rings is 1. The number of aryl methyl sites for hydroxylation is 2. The Morgan fingerprint density at radius 3 is 2.78 bits per heavy atom. The fourth-order valence-corrected chi connectivity index (χ4v) is 1.98. The maximum atomic E-state index is 5.66. The number of hydrogen-bond donors (Lipinski definition) is 2. The van der Waals surface area contributed by atoms with E-state index in [9.17, 15) is 0 Å². The third-order valence-electron chi connectivity index (χ3n) is 2.84. The lowest BCUT2D eigenvalue weighted by atomic mass is 10.0. The molecule has 2 heterocycles. The van der Waals surface area contributed by atoms with Crippen LogP contribution in [0.2, 0.25) is 0 Å². The van der Waals surface area contributed by atoms with Crippen LogP contribution in [0.25, 0.3) is 0 Å². The molecule has 0 saturated carbocycles. The molecule has 0 radical (unpaired) electrons. The summed E-state index contributed by atoms with van der Waals surface area (Å²) in [5, 5.41) is 4.18. The molecular weight excluding hydrogens is 230 g/mol. The topological polar surface area (TPSA) is 78.0 Å². The molecule has 0 saturated heterocycles. The number of nitrogens with zero attached hydrogens (tertiary/aromatic N) is 3. The van der Waals surface area contributed by atoms with Crippen LogP contribution in [0, 0.1) is 6.92 Å². The highest BCUT2D eigenvalue weighted by Crippen LogP contribution is 2.28. The highest BCUT2D eigenvalue weighted by molar-refractivity contribution is 5.36. The number of methoxy groups -OCH3 is 1. The van der Waals surface area contributed by atoms with Crippen molar-refractivity contribution in [1.29, 1.82) is 0 Å². The molecule has 6 nitrogen and oxygen atoms in total. The van der Waals surface area contributed by atoms with Crippen LogP contribution in [0.1, 0.15) is 22.9 Å². The minimum absolute atomic E-state index is 0.208. The zero-order chi connectivity index (χ0) is 13.1. The van der Waals surface area contributed by atoms with Gasteiger partial charge in [0, 0.05) is 19.4 Å². The lowest BCUT2D eigenvalue weighted by Crippen LogP contribution is -2.30. The molecule has 1 unspecified atom stereocenters. The summed E-state index contributed by atoms with van der Waals surface area (Å²) in [4.78, 5) is 4.18. The van der Waals surface area contributed by atoms with Gasteiger partial charge in [0.2, 0.25) is 0 Å². The average Bonchev–Trinajstić information content (AvgIpc) is 2.72. The first-order valence-electron chi connectivity index (χ1n) is 5.61. The first-order chi connectivity index (χ1) is 8.67. The molecule has 0 spiro atoms. The summed E-state index contributed by atoms with van der Waals surface area (Å²) in [6.45, 7) is 1.99. The smallest absolute Gasteiger partial charge is 0.161 e. The van der Waals surface area contributed by atoms with Crippen LogP contribution in [-0.4, -0.2) is 21.9 Å². The molecule has 0 fully saturated rings. The first-order valence-corrected chi connectivity index (χ1v) is 5.61. The van der Waals surface area contributed by atoms with Crippen molar-refractivity contribution in [1.82, 2.24) is 20.2 Å². The number of hydrogen-bond acceptors (Lipinski definition) is 5. The molecule has 1 atom stereocenters. The van der Waals surface area contributed by atoms with E-state index in [4.69, 9.17) is 10.6 Å². The average molecular weight is 247 g/mol. The number of nitrogens with one attached hydrogen (secondary N) is 1. The SMILES string of the molecule is COc1cnn(C)c1C(NN)c1cncc(C)c1. The summed E-state index contributed by atoms with van der Waals surface area (Å²) in [6.07, 6.45) is 5.25. The fourth-order valence-electron chi connectivity index (χ4n) is 1.98. The minimum atomic E-state index is -0.208. The van der Waals surface area contributed by atoms with Crippen molar-refractivity contribution in [3.63, 3.8) is 0 Å². The van der Waals surface area contributed by atoms with Gasteiger partial charge in [-0.1, -0.05) is 6.07 Å². The number of nitrogens with two attached hydrogens (primary N) is 1. The summed E-state index contributed by atoms with van der Waals surface area (Å²) in [6, 6.07) is 1.82. The molecule has 0 amide bonds. The van der Waals surface area contributed by atoms with E-state index < -0.39 is 0 Å². The Morgan fingerprint density at radius 2 is 2.17 bits per heavy atom. The molecule has 0 aromatic carbocycles. The number of aromatic nitrogens is 3. The molecular formula is C12H17N5O. The maximum Gasteiger partial charge on any atom is 0.161 e. The first kappa shape index (κ1) is 12.5. The summed E-state index contributed by atoms with van der Waals surface area (Å²) >= 11 is 0. The predicted octanol–water partition coefficient (Wildman–Crippen LogP) is 0.685. The van der Waals surface area contributed by atoms with Crippen molar-refractivity contribution in [2.45, 2.75) is 13.0 Å². The summed E-state index contributed by atoms with van der Waals surface area (Å²) in [5.74, 6) is 6.36. The highest BCUT2D eigenvalue weighted by Gasteiger charge is 2.21. The Hall–Kier alpha value is -1.92. The van der Waals surface area contributed by atoms with Crippen LogP contribution in [-0.2, 0) is 7.05 Å². The Balaban J connectivity index is 2.48. The quantitative estimate of drug-likeness (QED) is 0.614. The molecule has 0 aliphatic rings. The van der Waals surface area contributed by atoms with Crippen molar-refractivity contribution in [2.24, 2.45) is 12.9 Å². The Morgan fingerprint density at radius 1 is 1.39 bits per heavy atom. The van der Waals surface area contributed by atoms with Crippen LogP contribution in [0.4, 0.5) is 0 Å². The van der Waals surface area contributed by atoms with E-state index in [1.54, 1.807) is 30.4 Å². The minimum Gasteiger partial charge on any atom is -0.493 e. The second-order valence-electron chi connectivity index (χ2n) is 4.12. The highest BCUT2D eigenvalue weighted by atomic mass is 16.5. The zero-order valence-corrected chi connectivity index (χ0v) is 10.7. The lowest BCUT2D eigenvalue weighted by molar-refractivity contribution is 0.401. The zero-order valence-electron chi connectivity index (χ0n) is 10.7. The van der Waals surface area contributed by atoms with Gasteiger partial charge in [-0.2, -0.15) is 5.10 Å². The lowest BCUT2D eigenvalue weighted by Gasteiger charge is -2.18. The van der Waals surface area contributed by atoms with Gasteiger partial charge in [-0.15, -0.1) is 0 Å². The van der Waals surface area contributed by atoms with Crippen molar-refractivity contribution >= 4 is 0 Å². The molecule has 0 aliphatic heterocycles. The van der Waals surface area contributed by atoms with Gasteiger partial charge < -0.3 is 4.74 Å². The molecule has 2 aromatic heterocycles. The summed E-state index contributed by atoms with van der Waals surface area (Å²) < 4.78 is 7.04. The number of rotatable bonds is 4. The van der Waals surface area contributed by atoms with Crippen LogP contribution >= 0.6 is 0 Å². The molecule has 6 heteroatoms. The van der Waals surface area contributed by atoms with Crippen molar-refractivity contribution < 1.29 is 4.74 Å². The van der Waals surface area contributed by atoms with Gasteiger partial charge in [0.1, 0.15) is 5.69 Å². The molecule has 96 valence electrons. The molecule has 0 bridgehead atoms. The third-order valence-corrected chi connectivity index (χ3v) is 2.84. The second kappa shape index (κ2) is 5.16. The molecule has 2 rings (SSSR count). The number of hydrazine groups is 1. The summed E-state index contributed by atoms with van der Waals surface area (Å²) in [5.41, 5.74) is 5.70. The van der Waals surface area contributed by atoms with E-state index in [1.165, 1.54) is 0 Å². The van der Waals surface area contributed by atoms with Gasteiger partial charge in [-0.25, -0.2) is 5.43 Å². The normalized spacial score (nSPS) is 12.4. The van der Waals surface area contributed by atoms with E-state index in [0.29, 0.717) is 5.75 Å².